The number of fused-ring (bicyclic) bond motifs is 1. The van der Waals surface area contributed by atoms with Gasteiger partial charge in [-0.3, -0.25) is 9.47 Å². The van der Waals surface area contributed by atoms with Crippen molar-refractivity contribution in [2.45, 2.75) is 44.0 Å². The van der Waals surface area contributed by atoms with Crippen LogP contribution >= 0.6 is 11.8 Å². The normalized spacial score (nSPS) is 20.7. The molecule has 7 heteroatoms. The van der Waals surface area contributed by atoms with Crippen molar-refractivity contribution in [2.24, 2.45) is 5.92 Å². The van der Waals surface area contributed by atoms with Crippen LogP contribution in [0.25, 0.3) is 22.3 Å². The summed E-state index contributed by atoms with van der Waals surface area (Å²) in [7, 11) is 0. The topological polar surface area (TPSA) is 59.0 Å². The van der Waals surface area contributed by atoms with Gasteiger partial charge in [-0.05, 0) is 24.8 Å². The van der Waals surface area contributed by atoms with Crippen LogP contribution in [-0.4, -0.2) is 62.7 Å². The van der Waals surface area contributed by atoms with Gasteiger partial charge in [0, 0.05) is 54.1 Å². The fourth-order valence-electron chi connectivity index (χ4n) is 4.21. The van der Waals surface area contributed by atoms with Crippen LogP contribution in [0.3, 0.4) is 0 Å². The van der Waals surface area contributed by atoms with Crippen molar-refractivity contribution in [2.75, 3.05) is 32.0 Å². The zero-order valence-corrected chi connectivity index (χ0v) is 18.0. The molecule has 0 spiro atoms. The molecular formula is C22H29N5OS. The lowest BCUT2D eigenvalue weighted by molar-refractivity contribution is -0.0191. The molecule has 2 aromatic heterocycles. The first-order chi connectivity index (χ1) is 14.2. The highest BCUT2D eigenvalue weighted by Crippen LogP contribution is 2.42. The van der Waals surface area contributed by atoms with Crippen LogP contribution < -0.4 is 0 Å². The van der Waals surface area contributed by atoms with Gasteiger partial charge < -0.3 is 9.72 Å². The predicted octanol–water partition coefficient (Wildman–Crippen LogP) is 4.21. The van der Waals surface area contributed by atoms with E-state index in [1.165, 1.54) is 18.2 Å². The monoisotopic (exact) mass is 411 g/mol. The second kappa shape index (κ2) is 8.13. The third kappa shape index (κ3) is 4.09. The fraction of sp³-hybridized carbons (Fsp3) is 0.545. The summed E-state index contributed by atoms with van der Waals surface area (Å²) in [6.45, 7) is 8.59. The minimum absolute atomic E-state index is 0.258. The number of aromatic amines is 1. The number of hydrogen-bond acceptors (Lipinski definition) is 5. The Hall–Kier alpha value is -1.83. The number of benzene rings is 1. The second-order valence-corrected chi connectivity index (χ2v) is 9.60. The standard InChI is InChI=1S/C22H29N5OS/c1-15(2)12-26-9-10-28-17(13-26)14-29-22-25-24-21(27(22)16-7-8-16)19-11-23-20-6-4-3-5-18(19)20/h3-6,11,15-17,23H,7-10,12-14H2,1-2H3/t17-/m1/s1. The van der Waals surface area contributed by atoms with E-state index in [0.717, 1.165) is 54.1 Å². The zero-order valence-electron chi connectivity index (χ0n) is 17.2. The van der Waals surface area contributed by atoms with E-state index < -0.39 is 0 Å². The summed E-state index contributed by atoms with van der Waals surface area (Å²) < 4.78 is 8.40. The summed E-state index contributed by atoms with van der Waals surface area (Å²) in [6.07, 6.45) is 4.75. The maximum atomic E-state index is 6.04. The molecule has 0 radical (unpaired) electrons. The summed E-state index contributed by atoms with van der Waals surface area (Å²) in [5.41, 5.74) is 2.28. The Morgan fingerprint density at radius 2 is 2.10 bits per heavy atom. The molecule has 2 aliphatic rings. The van der Waals surface area contributed by atoms with Gasteiger partial charge in [0.25, 0.3) is 0 Å². The third-order valence-electron chi connectivity index (χ3n) is 5.65. The summed E-state index contributed by atoms with van der Waals surface area (Å²) >= 11 is 1.79. The summed E-state index contributed by atoms with van der Waals surface area (Å²) in [5, 5.41) is 11.4. The van der Waals surface area contributed by atoms with Crippen molar-refractivity contribution in [1.82, 2.24) is 24.6 Å². The van der Waals surface area contributed by atoms with E-state index in [4.69, 9.17) is 4.74 Å². The van der Waals surface area contributed by atoms with Gasteiger partial charge >= 0.3 is 0 Å². The van der Waals surface area contributed by atoms with Gasteiger partial charge in [0.2, 0.25) is 0 Å². The molecule has 2 fully saturated rings. The highest BCUT2D eigenvalue weighted by atomic mass is 32.2. The molecule has 1 saturated carbocycles. The van der Waals surface area contributed by atoms with Gasteiger partial charge in [0.05, 0.1) is 12.7 Å². The Morgan fingerprint density at radius 3 is 2.93 bits per heavy atom. The number of aromatic nitrogens is 4. The first-order valence-corrected chi connectivity index (χ1v) is 11.7. The predicted molar refractivity (Wildman–Crippen MR) is 117 cm³/mol. The van der Waals surface area contributed by atoms with Gasteiger partial charge in [0.15, 0.2) is 11.0 Å². The molecule has 0 unspecified atom stereocenters. The number of ether oxygens (including phenoxy) is 1. The van der Waals surface area contributed by atoms with Gasteiger partial charge in [0.1, 0.15) is 0 Å². The number of rotatable bonds is 7. The quantitative estimate of drug-likeness (QED) is 0.590. The Morgan fingerprint density at radius 1 is 1.24 bits per heavy atom. The Bertz CT molecular complexity index is 977. The minimum Gasteiger partial charge on any atom is -0.375 e. The maximum absolute atomic E-state index is 6.04. The van der Waals surface area contributed by atoms with Crippen molar-refractivity contribution in [3.8, 4) is 11.4 Å². The van der Waals surface area contributed by atoms with Crippen LogP contribution in [-0.2, 0) is 4.74 Å². The smallest absolute Gasteiger partial charge is 0.191 e. The highest BCUT2D eigenvalue weighted by Gasteiger charge is 2.31. The van der Waals surface area contributed by atoms with Crippen molar-refractivity contribution >= 4 is 22.7 Å². The highest BCUT2D eigenvalue weighted by molar-refractivity contribution is 7.99. The molecule has 29 heavy (non-hydrogen) atoms. The molecule has 3 aromatic rings. The van der Waals surface area contributed by atoms with Crippen LogP contribution in [0, 0.1) is 5.92 Å². The largest absolute Gasteiger partial charge is 0.375 e. The Kier molecular flexibility index (Phi) is 5.37. The molecule has 6 nitrogen and oxygen atoms in total. The average Bonchev–Trinajstić information content (AvgIpc) is 3.32. The number of H-pyrrole nitrogens is 1. The van der Waals surface area contributed by atoms with E-state index in [1.54, 1.807) is 11.8 Å². The molecule has 154 valence electrons. The number of para-hydroxylation sites is 1. The lowest BCUT2D eigenvalue weighted by atomic mass is 10.1. The van der Waals surface area contributed by atoms with Gasteiger partial charge in [-0.2, -0.15) is 0 Å². The number of morpholine rings is 1. The SMILES string of the molecule is CC(C)CN1CCO[C@@H](CSc2nnc(-c3c[nH]c4ccccc34)n2C2CC2)C1. The van der Waals surface area contributed by atoms with Crippen LogP contribution in [0.4, 0.5) is 0 Å². The number of hydrogen-bond donors (Lipinski definition) is 1. The molecule has 3 heterocycles. The first-order valence-electron chi connectivity index (χ1n) is 10.7. The maximum Gasteiger partial charge on any atom is 0.191 e. The summed E-state index contributed by atoms with van der Waals surface area (Å²) in [4.78, 5) is 5.90. The van der Waals surface area contributed by atoms with Gasteiger partial charge in [-0.1, -0.05) is 43.8 Å². The Balaban J connectivity index is 1.34. The van der Waals surface area contributed by atoms with Gasteiger partial charge in [-0.15, -0.1) is 10.2 Å². The zero-order chi connectivity index (χ0) is 19.8. The van der Waals surface area contributed by atoms with Crippen LogP contribution in [0.1, 0.15) is 32.7 Å². The molecule has 0 bridgehead atoms. The van der Waals surface area contributed by atoms with E-state index in [1.807, 2.05) is 0 Å². The van der Waals surface area contributed by atoms with Crippen molar-refractivity contribution in [3.63, 3.8) is 0 Å². The average molecular weight is 412 g/mol. The van der Waals surface area contributed by atoms with E-state index in [-0.39, 0.29) is 6.10 Å². The number of nitrogens with zero attached hydrogens (tertiary/aromatic N) is 4. The molecule has 1 aliphatic carbocycles. The molecule has 1 aromatic carbocycles. The molecule has 0 amide bonds. The van der Waals surface area contributed by atoms with Crippen molar-refractivity contribution in [3.05, 3.63) is 30.5 Å². The number of nitrogens with one attached hydrogen (secondary N) is 1. The lowest BCUT2D eigenvalue weighted by Crippen LogP contribution is -2.44. The molecule has 1 aliphatic heterocycles. The van der Waals surface area contributed by atoms with E-state index >= 15 is 0 Å². The van der Waals surface area contributed by atoms with E-state index in [0.29, 0.717) is 12.0 Å². The van der Waals surface area contributed by atoms with Gasteiger partial charge in [-0.25, -0.2) is 0 Å². The molecule has 1 atom stereocenters. The molecular weight excluding hydrogens is 382 g/mol. The Labute approximate surface area is 176 Å². The van der Waals surface area contributed by atoms with Crippen molar-refractivity contribution in [1.29, 1.82) is 0 Å². The third-order valence-corrected chi connectivity index (χ3v) is 6.73. The summed E-state index contributed by atoms with van der Waals surface area (Å²) in [6, 6.07) is 8.92. The van der Waals surface area contributed by atoms with E-state index in [2.05, 4.69) is 69.0 Å². The molecule has 1 N–H and O–H groups in total. The first kappa shape index (κ1) is 19.2. The van der Waals surface area contributed by atoms with Crippen LogP contribution in [0.5, 0.6) is 0 Å². The van der Waals surface area contributed by atoms with E-state index in [9.17, 15) is 0 Å². The summed E-state index contributed by atoms with van der Waals surface area (Å²) in [5.74, 6) is 2.60. The van der Waals surface area contributed by atoms with Crippen LogP contribution in [0.15, 0.2) is 35.6 Å². The fourth-order valence-corrected chi connectivity index (χ4v) is 5.22. The second-order valence-electron chi connectivity index (χ2n) is 8.61. The minimum atomic E-state index is 0.258. The van der Waals surface area contributed by atoms with Crippen molar-refractivity contribution < 1.29 is 4.74 Å². The molecule has 1 saturated heterocycles. The number of thioether (sulfide) groups is 1. The molecule has 5 rings (SSSR count). The lowest BCUT2D eigenvalue weighted by Gasteiger charge is -2.33. The van der Waals surface area contributed by atoms with Crippen LogP contribution in [0.2, 0.25) is 0 Å².